The molecule has 0 radical (unpaired) electrons. The molecule has 1 aliphatic heterocycles. The van der Waals surface area contributed by atoms with E-state index in [0.29, 0.717) is 35.0 Å². The first-order chi connectivity index (χ1) is 20.3. The standard InChI is InChI=1S/C35H27NO6/c1-21(37)41-25-12-8-22(9-13-25)20-40-26-14-17-27-23(18-26)10-15-31-33(28-6-4-5-7-29(28)35(38)39)30-16-11-24(36(2)3)19-32(30)42-34(27)31/h4-19H,20H2,1-3H3. The number of ether oxygens (including phenoxy) is 2. The number of carboxylic acid groups (broad SMARTS) is 1. The molecule has 0 amide bonds. The minimum absolute atomic E-state index is 0.118. The summed E-state index contributed by atoms with van der Waals surface area (Å²) in [4.78, 5) is 23.3. The van der Waals surface area contributed by atoms with Crippen molar-refractivity contribution in [2.75, 3.05) is 14.1 Å². The van der Waals surface area contributed by atoms with Crippen LogP contribution in [-0.4, -0.2) is 26.0 Å². The van der Waals surface area contributed by atoms with Gasteiger partial charge in [0.25, 0.3) is 0 Å². The highest BCUT2D eigenvalue weighted by Gasteiger charge is 2.21. The molecule has 4 aromatic carbocycles. The third-order valence-corrected chi connectivity index (χ3v) is 7.18. The molecular formula is C35H27NO6. The molecule has 0 atom stereocenters. The van der Waals surface area contributed by atoms with Gasteiger partial charge >= 0.3 is 5.97 Å². The summed E-state index contributed by atoms with van der Waals surface area (Å²) in [5, 5.41) is 15.6. The predicted molar refractivity (Wildman–Crippen MR) is 159 cm³/mol. The second-order valence-corrected chi connectivity index (χ2v) is 10.2. The summed E-state index contributed by atoms with van der Waals surface area (Å²) in [7, 11) is 3.92. The molecule has 1 heterocycles. The van der Waals surface area contributed by atoms with Gasteiger partial charge in [0.1, 0.15) is 43.5 Å². The van der Waals surface area contributed by atoms with E-state index >= 15 is 0 Å². The maximum Gasteiger partial charge on any atom is 0.308 e. The number of hydrogen-bond donors (Lipinski definition) is 0. The van der Waals surface area contributed by atoms with E-state index in [1.807, 2.05) is 85.4 Å². The highest BCUT2D eigenvalue weighted by molar-refractivity contribution is 6.14. The highest BCUT2D eigenvalue weighted by atomic mass is 16.5. The second kappa shape index (κ2) is 10.9. The molecule has 208 valence electrons. The summed E-state index contributed by atoms with van der Waals surface area (Å²) in [5.74, 6) is 0.211. The zero-order valence-corrected chi connectivity index (χ0v) is 23.3. The van der Waals surface area contributed by atoms with Gasteiger partial charge in [-0.3, -0.25) is 4.79 Å². The largest absolute Gasteiger partial charge is 0.545 e. The van der Waals surface area contributed by atoms with Gasteiger partial charge in [0.15, 0.2) is 0 Å². The Hall–Kier alpha value is -5.43. The zero-order chi connectivity index (χ0) is 29.4. The minimum Gasteiger partial charge on any atom is -0.545 e. The van der Waals surface area contributed by atoms with E-state index in [0.717, 1.165) is 38.2 Å². The molecule has 2 aliphatic rings. The van der Waals surface area contributed by atoms with Crippen molar-refractivity contribution in [1.29, 1.82) is 0 Å². The van der Waals surface area contributed by atoms with Gasteiger partial charge in [-0.05, 0) is 59.0 Å². The van der Waals surface area contributed by atoms with Crippen LogP contribution in [0.3, 0.4) is 0 Å². The highest BCUT2D eigenvalue weighted by Crippen LogP contribution is 2.43. The van der Waals surface area contributed by atoms with Gasteiger partial charge in [0.05, 0.1) is 12.0 Å². The Kier molecular flexibility index (Phi) is 6.92. The number of carbonyl (C=O) groups excluding carboxylic acids is 2. The molecule has 0 spiro atoms. The Morgan fingerprint density at radius 2 is 1.55 bits per heavy atom. The monoisotopic (exact) mass is 557 g/mol. The van der Waals surface area contributed by atoms with Crippen LogP contribution in [0.4, 0.5) is 0 Å². The lowest BCUT2D eigenvalue weighted by Gasteiger charge is -2.19. The molecular weight excluding hydrogens is 530 g/mol. The maximum atomic E-state index is 12.1. The summed E-state index contributed by atoms with van der Waals surface area (Å²) < 4.78 is 19.7. The first-order valence-electron chi connectivity index (χ1n) is 13.4. The minimum atomic E-state index is -1.23. The van der Waals surface area contributed by atoms with Crippen LogP contribution >= 0.6 is 0 Å². The van der Waals surface area contributed by atoms with E-state index in [1.54, 1.807) is 30.3 Å². The third kappa shape index (κ3) is 5.08. The third-order valence-electron chi connectivity index (χ3n) is 7.18. The molecule has 7 nitrogen and oxygen atoms in total. The Morgan fingerprint density at radius 3 is 2.29 bits per heavy atom. The summed E-state index contributed by atoms with van der Waals surface area (Å²) >= 11 is 0. The predicted octanol–water partition coefficient (Wildman–Crippen LogP) is 5.26. The fourth-order valence-corrected chi connectivity index (χ4v) is 5.17. The van der Waals surface area contributed by atoms with Gasteiger partial charge in [-0.1, -0.05) is 42.5 Å². The molecule has 42 heavy (non-hydrogen) atoms. The zero-order valence-electron chi connectivity index (χ0n) is 23.3. The van der Waals surface area contributed by atoms with Crippen molar-refractivity contribution in [3.05, 3.63) is 114 Å². The van der Waals surface area contributed by atoms with Gasteiger partial charge in [-0.15, -0.1) is 0 Å². The van der Waals surface area contributed by atoms with Crippen molar-refractivity contribution < 1.29 is 28.6 Å². The van der Waals surface area contributed by atoms with Gasteiger partial charge < -0.3 is 23.8 Å². The lowest BCUT2D eigenvalue weighted by Crippen LogP contribution is -2.23. The summed E-state index contributed by atoms with van der Waals surface area (Å²) in [6, 6.07) is 29.7. The van der Waals surface area contributed by atoms with Crippen molar-refractivity contribution in [3.8, 4) is 33.9 Å². The van der Waals surface area contributed by atoms with Gasteiger partial charge in [0.2, 0.25) is 5.36 Å². The van der Waals surface area contributed by atoms with Crippen LogP contribution in [0.1, 0.15) is 22.8 Å². The van der Waals surface area contributed by atoms with Crippen molar-refractivity contribution in [3.63, 3.8) is 0 Å². The normalized spacial score (nSPS) is 11.1. The number of hydrogen-bond acceptors (Lipinski definition) is 6. The van der Waals surface area contributed by atoms with Crippen LogP contribution < -0.4 is 24.5 Å². The molecule has 0 aromatic heterocycles. The number of esters is 1. The summed E-state index contributed by atoms with van der Waals surface area (Å²) in [6.45, 7) is 1.70. The van der Waals surface area contributed by atoms with Crippen LogP contribution in [0.15, 0.2) is 101 Å². The summed E-state index contributed by atoms with van der Waals surface area (Å²) in [5.41, 5.74) is 3.84. The van der Waals surface area contributed by atoms with E-state index in [9.17, 15) is 14.7 Å². The quantitative estimate of drug-likeness (QED) is 0.0913. The smallest absolute Gasteiger partial charge is 0.308 e. The molecule has 0 fully saturated rings. The number of rotatable bonds is 6. The van der Waals surface area contributed by atoms with E-state index in [1.165, 1.54) is 6.92 Å². The van der Waals surface area contributed by atoms with E-state index < -0.39 is 5.97 Å². The molecule has 0 saturated carbocycles. The molecule has 6 rings (SSSR count). The molecule has 0 N–H and O–H groups in total. The van der Waals surface area contributed by atoms with E-state index in [2.05, 4.69) is 0 Å². The van der Waals surface area contributed by atoms with Crippen LogP contribution in [0, 0.1) is 0 Å². The molecule has 1 aliphatic carbocycles. The average Bonchev–Trinajstić information content (AvgIpc) is 2.98. The van der Waals surface area contributed by atoms with Crippen LogP contribution in [0.2, 0.25) is 0 Å². The van der Waals surface area contributed by atoms with Gasteiger partial charge in [-0.25, -0.2) is 4.58 Å². The van der Waals surface area contributed by atoms with E-state index in [-0.39, 0.29) is 11.5 Å². The van der Waals surface area contributed by atoms with Crippen molar-refractivity contribution >= 4 is 33.7 Å². The Morgan fingerprint density at radius 1 is 0.810 bits per heavy atom. The van der Waals surface area contributed by atoms with Crippen molar-refractivity contribution in [2.24, 2.45) is 0 Å². The number of fused-ring (bicyclic) bond motifs is 4. The fourth-order valence-electron chi connectivity index (χ4n) is 5.17. The number of benzene rings is 5. The molecule has 4 aromatic rings. The first kappa shape index (κ1) is 26.8. The Labute approximate surface area is 241 Å². The van der Waals surface area contributed by atoms with Crippen LogP contribution in [0.5, 0.6) is 11.5 Å². The maximum absolute atomic E-state index is 12.1. The SMILES string of the molecule is CC(=O)Oc1ccc(COc2ccc3c(ccc4c(-c5ccccc5C(=O)[O-])c5ccc(=[N+](C)C)cc-5oc43)c2)cc1. The van der Waals surface area contributed by atoms with E-state index in [4.69, 9.17) is 13.9 Å². The summed E-state index contributed by atoms with van der Waals surface area (Å²) in [6.07, 6.45) is 0. The molecule has 7 heteroatoms. The molecule has 0 bridgehead atoms. The molecule has 0 saturated heterocycles. The number of carbonyl (C=O) groups is 2. The lowest BCUT2D eigenvalue weighted by atomic mass is 9.90. The second-order valence-electron chi connectivity index (χ2n) is 10.2. The topological polar surface area (TPSA) is 91.8 Å². The van der Waals surface area contributed by atoms with Crippen LogP contribution in [-0.2, 0) is 11.4 Å². The Balaban J connectivity index is 1.47. The number of carboxylic acids is 1. The number of nitrogens with zero attached hydrogens (tertiary/aromatic N) is 1. The average molecular weight is 558 g/mol. The molecule has 0 unspecified atom stereocenters. The first-order valence-corrected chi connectivity index (χ1v) is 13.4. The van der Waals surface area contributed by atoms with Gasteiger partial charge in [0, 0.05) is 40.5 Å². The lowest BCUT2D eigenvalue weighted by molar-refractivity contribution is -0.254. The van der Waals surface area contributed by atoms with Gasteiger partial charge in [-0.2, -0.15) is 0 Å². The number of aromatic carboxylic acids is 1. The van der Waals surface area contributed by atoms with Crippen LogP contribution in [0.25, 0.3) is 44.2 Å². The fraction of sp³-hybridized carbons (Fsp3) is 0.114. The van der Waals surface area contributed by atoms with Crippen molar-refractivity contribution in [2.45, 2.75) is 13.5 Å². The van der Waals surface area contributed by atoms with Crippen molar-refractivity contribution in [1.82, 2.24) is 4.58 Å². The Bertz CT molecular complexity index is 2030.